The van der Waals surface area contributed by atoms with E-state index < -0.39 is 0 Å². The van der Waals surface area contributed by atoms with Crippen LogP contribution in [0.2, 0.25) is 0 Å². The van der Waals surface area contributed by atoms with Gasteiger partial charge in [-0.25, -0.2) is 4.39 Å². The molecule has 1 nitrogen and oxygen atoms in total. The molecule has 1 aliphatic rings. The number of halogens is 1. The minimum atomic E-state index is -0.211. The minimum Gasteiger partial charge on any atom is -0.295 e. The minimum absolute atomic E-state index is 0.0237. The van der Waals surface area contributed by atoms with E-state index in [2.05, 4.69) is 0 Å². The zero-order valence-electron chi connectivity index (χ0n) is 6.30. The van der Waals surface area contributed by atoms with Crippen molar-refractivity contribution in [3.05, 3.63) is 35.7 Å². The molecule has 0 heterocycles. The number of carbonyl (C=O) groups is 1. The van der Waals surface area contributed by atoms with E-state index in [1.165, 1.54) is 13.0 Å². The molecular formula is C9H9FO. The van der Waals surface area contributed by atoms with Gasteiger partial charge in [-0.2, -0.15) is 0 Å². The number of hydrogen-bond donors (Lipinski definition) is 0. The Kier molecular flexibility index (Phi) is 2.36. The van der Waals surface area contributed by atoms with Crippen LogP contribution in [0.3, 0.4) is 0 Å². The molecule has 0 aromatic carbocycles. The van der Waals surface area contributed by atoms with Crippen molar-refractivity contribution in [3.8, 4) is 0 Å². The van der Waals surface area contributed by atoms with Gasteiger partial charge >= 0.3 is 0 Å². The van der Waals surface area contributed by atoms with Crippen molar-refractivity contribution in [1.29, 1.82) is 0 Å². The van der Waals surface area contributed by atoms with Gasteiger partial charge in [0.25, 0.3) is 0 Å². The fourth-order valence-electron chi connectivity index (χ4n) is 0.861. The maximum absolute atomic E-state index is 12.5. The van der Waals surface area contributed by atoms with Gasteiger partial charge < -0.3 is 0 Å². The van der Waals surface area contributed by atoms with E-state index in [1.807, 2.05) is 0 Å². The number of allylic oxidation sites excluding steroid dienone is 6. The number of Topliss-reactive ketones (excluding diaryl/α,β-unsaturated/α-hetero) is 1. The summed E-state index contributed by atoms with van der Waals surface area (Å²) in [5.74, 6) is -0.234. The van der Waals surface area contributed by atoms with Crippen LogP contribution < -0.4 is 0 Å². The highest BCUT2D eigenvalue weighted by molar-refractivity contribution is 5.96. The smallest absolute Gasteiger partial charge is 0.159 e. The maximum Gasteiger partial charge on any atom is 0.159 e. The van der Waals surface area contributed by atoms with Gasteiger partial charge in [-0.05, 0) is 13.0 Å². The van der Waals surface area contributed by atoms with Gasteiger partial charge in [0.05, 0.1) is 0 Å². The Balaban J connectivity index is 2.82. The molecule has 2 heteroatoms. The maximum atomic E-state index is 12.5. The molecule has 11 heavy (non-hydrogen) atoms. The van der Waals surface area contributed by atoms with Gasteiger partial charge in [-0.1, -0.05) is 18.2 Å². The van der Waals surface area contributed by atoms with E-state index >= 15 is 0 Å². The molecule has 0 aromatic heterocycles. The van der Waals surface area contributed by atoms with Crippen molar-refractivity contribution in [2.24, 2.45) is 0 Å². The molecule has 1 aliphatic carbocycles. The first kappa shape index (κ1) is 7.92. The van der Waals surface area contributed by atoms with Crippen LogP contribution in [0.5, 0.6) is 0 Å². The van der Waals surface area contributed by atoms with Gasteiger partial charge in [0.15, 0.2) is 5.78 Å². The summed E-state index contributed by atoms with van der Waals surface area (Å²) in [6.07, 6.45) is 6.36. The molecule has 0 unspecified atom stereocenters. The molecule has 0 atom stereocenters. The molecule has 0 spiro atoms. The molecule has 0 saturated carbocycles. The van der Waals surface area contributed by atoms with Crippen molar-refractivity contribution < 1.29 is 9.18 Å². The number of carbonyl (C=O) groups excluding carboxylic acids is 1. The van der Waals surface area contributed by atoms with E-state index in [-0.39, 0.29) is 18.0 Å². The molecule has 0 aromatic rings. The van der Waals surface area contributed by atoms with Gasteiger partial charge in [0, 0.05) is 12.0 Å². The fourth-order valence-corrected chi connectivity index (χ4v) is 0.861. The average molecular weight is 152 g/mol. The third-order valence-electron chi connectivity index (χ3n) is 1.48. The highest BCUT2D eigenvalue weighted by atomic mass is 19.1. The van der Waals surface area contributed by atoms with Crippen LogP contribution in [0.25, 0.3) is 0 Å². The van der Waals surface area contributed by atoms with Crippen LogP contribution in [-0.2, 0) is 4.79 Å². The lowest BCUT2D eigenvalue weighted by Crippen LogP contribution is -1.91. The Morgan fingerprint density at radius 2 is 2.36 bits per heavy atom. The second-order valence-corrected chi connectivity index (χ2v) is 2.39. The molecule has 0 aliphatic heterocycles. The van der Waals surface area contributed by atoms with Crippen molar-refractivity contribution in [1.82, 2.24) is 0 Å². The topological polar surface area (TPSA) is 17.1 Å². The quantitative estimate of drug-likeness (QED) is 0.563. The summed E-state index contributed by atoms with van der Waals surface area (Å²) in [5, 5.41) is 0. The standard InChI is InChI=1S/C9H9FO/c1-7(11)8-3-2-4-9(10)6-5-8/h2-5H,6H2,1H3. The van der Waals surface area contributed by atoms with Crippen LogP contribution in [0, 0.1) is 0 Å². The number of hydrogen-bond acceptors (Lipinski definition) is 1. The summed E-state index contributed by atoms with van der Waals surface area (Å²) in [6, 6.07) is 0. The van der Waals surface area contributed by atoms with Crippen LogP contribution in [-0.4, -0.2) is 5.78 Å². The van der Waals surface area contributed by atoms with Crippen molar-refractivity contribution in [2.75, 3.05) is 0 Å². The molecule has 0 amide bonds. The summed E-state index contributed by atoms with van der Waals surface area (Å²) < 4.78 is 12.5. The van der Waals surface area contributed by atoms with Crippen LogP contribution in [0.15, 0.2) is 35.7 Å². The lowest BCUT2D eigenvalue weighted by Gasteiger charge is -1.91. The first-order valence-electron chi connectivity index (χ1n) is 3.44. The molecule has 58 valence electrons. The Bertz CT molecular complexity index is 259. The van der Waals surface area contributed by atoms with Crippen LogP contribution >= 0.6 is 0 Å². The second-order valence-electron chi connectivity index (χ2n) is 2.39. The summed E-state index contributed by atoms with van der Waals surface area (Å²) in [4.78, 5) is 10.8. The van der Waals surface area contributed by atoms with E-state index in [4.69, 9.17) is 0 Å². The Hall–Kier alpha value is -1.18. The van der Waals surface area contributed by atoms with E-state index in [0.29, 0.717) is 5.57 Å². The van der Waals surface area contributed by atoms with E-state index in [0.717, 1.165) is 0 Å². The highest BCUT2D eigenvalue weighted by Gasteiger charge is 2.01. The van der Waals surface area contributed by atoms with E-state index in [1.54, 1.807) is 18.2 Å². The zero-order chi connectivity index (χ0) is 8.27. The molecule has 0 saturated heterocycles. The lowest BCUT2D eigenvalue weighted by molar-refractivity contribution is -0.113. The van der Waals surface area contributed by atoms with Gasteiger partial charge in [-0.3, -0.25) is 4.79 Å². The molecule has 1 rings (SSSR count). The zero-order valence-corrected chi connectivity index (χ0v) is 6.30. The summed E-state index contributed by atoms with van der Waals surface area (Å²) in [6.45, 7) is 1.47. The number of rotatable bonds is 1. The predicted molar refractivity (Wildman–Crippen MR) is 41.7 cm³/mol. The normalized spacial score (nSPS) is 16.9. The first-order valence-corrected chi connectivity index (χ1v) is 3.44. The largest absolute Gasteiger partial charge is 0.295 e. The third-order valence-corrected chi connectivity index (χ3v) is 1.48. The molecule has 0 fully saturated rings. The fraction of sp³-hybridized carbons (Fsp3) is 0.222. The van der Waals surface area contributed by atoms with Gasteiger partial charge in [0.2, 0.25) is 0 Å². The summed E-state index contributed by atoms with van der Waals surface area (Å²) in [7, 11) is 0. The Labute approximate surface area is 64.9 Å². The lowest BCUT2D eigenvalue weighted by atomic mass is 10.1. The second kappa shape index (κ2) is 3.28. The molecule has 0 N–H and O–H groups in total. The van der Waals surface area contributed by atoms with Crippen molar-refractivity contribution in [2.45, 2.75) is 13.3 Å². The summed E-state index contributed by atoms with van der Waals surface area (Å²) in [5.41, 5.74) is 0.578. The SMILES string of the molecule is CC(=O)C1=CCC(F)=CC=C1. The van der Waals surface area contributed by atoms with Gasteiger partial charge in [0.1, 0.15) is 5.83 Å². The van der Waals surface area contributed by atoms with Gasteiger partial charge in [-0.15, -0.1) is 0 Å². The van der Waals surface area contributed by atoms with Crippen LogP contribution in [0.4, 0.5) is 4.39 Å². The Morgan fingerprint density at radius 1 is 1.64 bits per heavy atom. The predicted octanol–water partition coefficient (Wildman–Crippen LogP) is 2.32. The summed E-state index contributed by atoms with van der Waals surface area (Å²) >= 11 is 0. The third kappa shape index (κ3) is 2.15. The Morgan fingerprint density at radius 3 is 3.00 bits per heavy atom. The first-order chi connectivity index (χ1) is 5.20. The molecule has 0 radical (unpaired) electrons. The monoisotopic (exact) mass is 152 g/mol. The highest BCUT2D eigenvalue weighted by Crippen LogP contribution is 2.12. The number of ketones is 1. The van der Waals surface area contributed by atoms with Crippen molar-refractivity contribution >= 4 is 5.78 Å². The average Bonchev–Trinajstić information content (AvgIpc) is 2.13. The van der Waals surface area contributed by atoms with E-state index in [9.17, 15) is 9.18 Å². The molecule has 0 bridgehead atoms. The van der Waals surface area contributed by atoms with Crippen molar-refractivity contribution in [3.63, 3.8) is 0 Å². The van der Waals surface area contributed by atoms with Crippen LogP contribution in [0.1, 0.15) is 13.3 Å². The molecular weight excluding hydrogens is 143 g/mol.